The van der Waals surface area contributed by atoms with Gasteiger partial charge in [0.15, 0.2) is 0 Å². The molecular formula is C22H32ClN3O2. The van der Waals surface area contributed by atoms with Gasteiger partial charge in [-0.05, 0) is 62.1 Å². The Balaban J connectivity index is 0.00000225. The number of nitrogens with zero attached hydrogens (tertiary/aromatic N) is 1. The van der Waals surface area contributed by atoms with Crippen molar-refractivity contribution in [2.24, 2.45) is 5.92 Å². The first-order chi connectivity index (χ1) is 13.2. The lowest BCUT2D eigenvalue weighted by Crippen LogP contribution is -2.39. The fourth-order valence-electron chi connectivity index (χ4n) is 4.88. The third kappa shape index (κ3) is 5.06. The number of carbonyl (C=O) groups excluding carboxylic acids is 2. The molecule has 2 aliphatic heterocycles. The summed E-state index contributed by atoms with van der Waals surface area (Å²) in [7, 11) is 0. The van der Waals surface area contributed by atoms with Crippen LogP contribution in [0.2, 0.25) is 0 Å². The van der Waals surface area contributed by atoms with Crippen molar-refractivity contribution in [2.45, 2.75) is 69.9 Å². The molecule has 1 aliphatic carbocycles. The zero-order valence-electron chi connectivity index (χ0n) is 16.5. The molecule has 3 unspecified atom stereocenters. The largest absolute Gasteiger partial charge is 0.343 e. The van der Waals surface area contributed by atoms with Crippen molar-refractivity contribution in [2.75, 3.05) is 18.4 Å². The number of amides is 2. The summed E-state index contributed by atoms with van der Waals surface area (Å²) >= 11 is 0. The average Bonchev–Trinajstić information content (AvgIpc) is 3.37. The second-order valence-corrected chi connectivity index (χ2v) is 8.38. The van der Waals surface area contributed by atoms with Gasteiger partial charge in [0.1, 0.15) is 0 Å². The summed E-state index contributed by atoms with van der Waals surface area (Å²) in [5.41, 5.74) is 1.98. The molecule has 1 aromatic rings. The van der Waals surface area contributed by atoms with Gasteiger partial charge < -0.3 is 15.5 Å². The number of fused-ring (bicyclic) bond motifs is 1. The van der Waals surface area contributed by atoms with Gasteiger partial charge in [-0.3, -0.25) is 9.59 Å². The number of hydrogen-bond acceptors (Lipinski definition) is 3. The SMILES string of the molecule is Cl.O=C(Nc1ccc(CCC(=O)N2CCCC2)cc1)C1CC2CCCCC2N1. The average molecular weight is 406 g/mol. The quantitative estimate of drug-likeness (QED) is 0.787. The maximum atomic E-state index is 12.6. The second-order valence-electron chi connectivity index (χ2n) is 8.38. The molecule has 0 spiro atoms. The summed E-state index contributed by atoms with van der Waals surface area (Å²) in [6.45, 7) is 1.83. The number of benzene rings is 1. The molecule has 3 fully saturated rings. The summed E-state index contributed by atoms with van der Waals surface area (Å²) in [5, 5.41) is 6.58. The number of anilines is 1. The number of nitrogens with one attached hydrogen (secondary N) is 2. The normalized spacial score (nSPS) is 26.4. The van der Waals surface area contributed by atoms with Gasteiger partial charge in [-0.25, -0.2) is 0 Å². The summed E-state index contributed by atoms with van der Waals surface area (Å²) in [6, 6.07) is 8.43. The zero-order chi connectivity index (χ0) is 18.6. The Morgan fingerprint density at radius 2 is 1.75 bits per heavy atom. The lowest BCUT2D eigenvalue weighted by molar-refractivity contribution is -0.130. The van der Waals surface area contributed by atoms with Crippen LogP contribution in [-0.4, -0.2) is 41.9 Å². The molecule has 5 nitrogen and oxygen atoms in total. The highest BCUT2D eigenvalue weighted by atomic mass is 35.5. The molecule has 0 bridgehead atoms. The highest BCUT2D eigenvalue weighted by Crippen LogP contribution is 2.33. The van der Waals surface area contributed by atoms with E-state index in [2.05, 4.69) is 10.6 Å². The van der Waals surface area contributed by atoms with Crippen molar-refractivity contribution in [3.8, 4) is 0 Å². The first-order valence-corrected chi connectivity index (χ1v) is 10.6. The molecule has 0 radical (unpaired) electrons. The molecule has 2 amide bonds. The van der Waals surface area contributed by atoms with Crippen molar-refractivity contribution in [3.05, 3.63) is 29.8 Å². The van der Waals surface area contributed by atoms with Gasteiger partial charge >= 0.3 is 0 Å². The highest BCUT2D eigenvalue weighted by Gasteiger charge is 2.38. The van der Waals surface area contributed by atoms with Crippen LogP contribution in [-0.2, 0) is 16.0 Å². The molecule has 2 N–H and O–H groups in total. The third-order valence-electron chi connectivity index (χ3n) is 6.49. The summed E-state index contributed by atoms with van der Waals surface area (Å²) in [5.74, 6) is 1.02. The van der Waals surface area contributed by atoms with Crippen LogP contribution in [0.4, 0.5) is 5.69 Å². The number of aryl methyl sites for hydroxylation is 1. The number of rotatable bonds is 5. The van der Waals surface area contributed by atoms with Crippen molar-refractivity contribution in [1.82, 2.24) is 10.2 Å². The van der Waals surface area contributed by atoms with Gasteiger partial charge in [-0.1, -0.05) is 25.0 Å². The molecule has 3 aliphatic rings. The molecule has 28 heavy (non-hydrogen) atoms. The van der Waals surface area contributed by atoms with Gasteiger partial charge in [-0.2, -0.15) is 0 Å². The van der Waals surface area contributed by atoms with Crippen LogP contribution in [0.15, 0.2) is 24.3 Å². The van der Waals surface area contributed by atoms with E-state index in [4.69, 9.17) is 0 Å². The lowest BCUT2D eigenvalue weighted by Gasteiger charge is -2.24. The van der Waals surface area contributed by atoms with E-state index in [9.17, 15) is 9.59 Å². The van der Waals surface area contributed by atoms with Gasteiger partial charge in [-0.15, -0.1) is 12.4 Å². The Labute approximate surface area is 174 Å². The molecule has 6 heteroatoms. The van der Waals surface area contributed by atoms with E-state index in [1.54, 1.807) is 0 Å². The van der Waals surface area contributed by atoms with E-state index in [0.717, 1.165) is 50.0 Å². The Morgan fingerprint density at radius 3 is 2.46 bits per heavy atom. The Hall–Kier alpha value is -1.59. The minimum atomic E-state index is -0.0594. The molecule has 3 atom stereocenters. The van der Waals surface area contributed by atoms with Gasteiger partial charge in [0.05, 0.1) is 6.04 Å². The van der Waals surface area contributed by atoms with Gasteiger partial charge in [0.2, 0.25) is 11.8 Å². The molecule has 2 heterocycles. The predicted molar refractivity (Wildman–Crippen MR) is 114 cm³/mol. The monoisotopic (exact) mass is 405 g/mol. The summed E-state index contributed by atoms with van der Waals surface area (Å²) in [6.07, 6.45) is 9.62. The van der Waals surface area contributed by atoms with Crippen LogP contribution in [0.3, 0.4) is 0 Å². The maximum absolute atomic E-state index is 12.6. The number of carbonyl (C=O) groups is 2. The lowest BCUT2D eigenvalue weighted by atomic mass is 9.85. The Kier molecular flexibility index (Phi) is 7.36. The van der Waals surface area contributed by atoms with E-state index in [1.165, 1.54) is 25.7 Å². The van der Waals surface area contributed by atoms with Crippen molar-refractivity contribution >= 4 is 29.9 Å². The zero-order valence-corrected chi connectivity index (χ0v) is 17.3. The minimum absolute atomic E-state index is 0. The molecule has 1 aromatic carbocycles. The first kappa shape index (κ1) is 21.1. The Bertz CT molecular complexity index is 659. The van der Waals surface area contributed by atoms with Crippen LogP contribution in [0, 0.1) is 5.92 Å². The molecule has 154 valence electrons. The van der Waals surface area contributed by atoms with Crippen LogP contribution < -0.4 is 10.6 Å². The van der Waals surface area contributed by atoms with Gasteiger partial charge in [0.25, 0.3) is 0 Å². The minimum Gasteiger partial charge on any atom is -0.343 e. The van der Waals surface area contributed by atoms with E-state index in [-0.39, 0.29) is 30.3 Å². The number of likely N-dealkylation sites (tertiary alicyclic amines) is 1. The van der Waals surface area contributed by atoms with Gasteiger partial charge in [0, 0.05) is 31.2 Å². The smallest absolute Gasteiger partial charge is 0.241 e. The first-order valence-electron chi connectivity index (χ1n) is 10.6. The van der Waals surface area contributed by atoms with Crippen LogP contribution in [0.25, 0.3) is 0 Å². The van der Waals surface area contributed by atoms with Crippen molar-refractivity contribution in [1.29, 1.82) is 0 Å². The molecule has 4 rings (SSSR count). The fourth-order valence-corrected chi connectivity index (χ4v) is 4.88. The second kappa shape index (κ2) is 9.75. The van der Waals surface area contributed by atoms with Crippen LogP contribution >= 0.6 is 12.4 Å². The van der Waals surface area contributed by atoms with Crippen molar-refractivity contribution in [3.63, 3.8) is 0 Å². The maximum Gasteiger partial charge on any atom is 0.241 e. The third-order valence-corrected chi connectivity index (χ3v) is 6.49. The molecular weight excluding hydrogens is 374 g/mol. The summed E-state index contributed by atoms with van der Waals surface area (Å²) < 4.78 is 0. The molecule has 1 saturated carbocycles. The topological polar surface area (TPSA) is 61.4 Å². The van der Waals surface area contributed by atoms with Crippen LogP contribution in [0.5, 0.6) is 0 Å². The molecule has 0 aromatic heterocycles. The van der Waals surface area contributed by atoms with Crippen LogP contribution in [0.1, 0.15) is 56.9 Å². The summed E-state index contributed by atoms with van der Waals surface area (Å²) in [4.78, 5) is 26.7. The predicted octanol–water partition coefficient (Wildman–Crippen LogP) is 3.52. The van der Waals surface area contributed by atoms with E-state index in [1.807, 2.05) is 29.2 Å². The highest BCUT2D eigenvalue weighted by molar-refractivity contribution is 5.95. The number of halogens is 1. The fraction of sp³-hybridized carbons (Fsp3) is 0.636. The molecule has 2 saturated heterocycles. The standard InChI is InChI=1S/C22H31N3O2.ClH/c26-21(25-13-3-4-14-25)12-9-16-7-10-18(11-8-16)23-22(27)20-15-17-5-1-2-6-19(17)24-20;/h7-8,10-11,17,19-20,24H,1-6,9,12-15H2,(H,23,27);1H. The van der Waals surface area contributed by atoms with E-state index < -0.39 is 0 Å². The Morgan fingerprint density at radius 1 is 1.04 bits per heavy atom. The van der Waals surface area contributed by atoms with Crippen molar-refractivity contribution < 1.29 is 9.59 Å². The van der Waals surface area contributed by atoms with E-state index >= 15 is 0 Å². The van der Waals surface area contributed by atoms with E-state index in [0.29, 0.717) is 18.4 Å². The number of hydrogen-bond donors (Lipinski definition) is 2.